The highest BCUT2D eigenvalue weighted by molar-refractivity contribution is 5.79. The Balaban J connectivity index is 3.49. The molecule has 10 heavy (non-hydrogen) atoms. The van der Waals surface area contributed by atoms with Gasteiger partial charge >= 0.3 is 0 Å². The van der Waals surface area contributed by atoms with Crippen LogP contribution in [0.25, 0.3) is 0 Å². The summed E-state index contributed by atoms with van der Waals surface area (Å²) in [4.78, 5) is 4.21. The number of hydrogen-bond acceptors (Lipinski definition) is 2. The molecule has 0 spiro atoms. The minimum atomic E-state index is 0.000561. The molecule has 0 fully saturated rings. The molecule has 3 nitrogen and oxygen atoms in total. The highest BCUT2D eigenvalue weighted by Gasteiger charge is 1.91. The topological polar surface area (TPSA) is 50.4 Å². The van der Waals surface area contributed by atoms with Crippen LogP contribution in [0.4, 0.5) is 0 Å². The lowest BCUT2D eigenvalue weighted by Crippen LogP contribution is -2.37. The fraction of sp³-hybridized carbons (Fsp3) is 0.857. The molecule has 0 aliphatic rings. The fourth-order valence-corrected chi connectivity index (χ4v) is 0.655. The highest BCUT2D eigenvalue weighted by atomic mass is 15.1. The van der Waals surface area contributed by atoms with E-state index in [0.29, 0.717) is 0 Å². The van der Waals surface area contributed by atoms with Gasteiger partial charge in [0.25, 0.3) is 0 Å². The zero-order valence-corrected chi connectivity index (χ0v) is 7.02. The molecular formula is C7H17N3. The second-order valence-corrected chi connectivity index (χ2v) is 2.40. The molecule has 1 atom stereocenters. The highest BCUT2D eigenvalue weighted by Crippen LogP contribution is 1.79. The smallest absolute Gasteiger partial charge is 0.0943 e. The third kappa shape index (κ3) is 5.56. The zero-order valence-electron chi connectivity index (χ0n) is 7.02. The molecule has 0 amide bonds. The molecule has 0 aromatic carbocycles. The summed E-state index contributed by atoms with van der Waals surface area (Å²) < 4.78 is 0. The van der Waals surface area contributed by atoms with Crippen LogP contribution >= 0.6 is 0 Å². The van der Waals surface area contributed by atoms with E-state index < -0.39 is 0 Å². The standard InChI is InChI=1S/C7H17N3/c1-4-5-9-7(3)10-6(2)8/h6H,4-5,8H2,1-3H3,(H,9,10). The molecule has 0 radical (unpaired) electrons. The van der Waals surface area contributed by atoms with Gasteiger partial charge in [0, 0.05) is 6.54 Å². The van der Waals surface area contributed by atoms with Gasteiger partial charge in [-0.3, -0.25) is 4.99 Å². The minimum absolute atomic E-state index is 0.000561. The molecule has 0 saturated carbocycles. The van der Waals surface area contributed by atoms with Crippen molar-refractivity contribution in [1.82, 2.24) is 5.32 Å². The zero-order chi connectivity index (χ0) is 7.98. The molecule has 0 aliphatic carbocycles. The Morgan fingerprint density at radius 3 is 2.70 bits per heavy atom. The number of hydrogen-bond donors (Lipinski definition) is 2. The lowest BCUT2D eigenvalue weighted by molar-refractivity contribution is 0.692. The predicted molar refractivity (Wildman–Crippen MR) is 45.1 cm³/mol. The van der Waals surface area contributed by atoms with Crippen molar-refractivity contribution >= 4 is 5.84 Å². The van der Waals surface area contributed by atoms with Gasteiger partial charge in [0.2, 0.25) is 0 Å². The number of nitrogens with one attached hydrogen (secondary N) is 1. The quantitative estimate of drug-likeness (QED) is 0.347. The van der Waals surface area contributed by atoms with Gasteiger partial charge in [-0.2, -0.15) is 0 Å². The number of nitrogens with two attached hydrogens (primary N) is 1. The Labute approximate surface area is 62.7 Å². The molecular weight excluding hydrogens is 126 g/mol. The summed E-state index contributed by atoms with van der Waals surface area (Å²) in [6.45, 7) is 6.80. The molecule has 1 unspecified atom stereocenters. The molecule has 60 valence electrons. The van der Waals surface area contributed by atoms with E-state index in [1.54, 1.807) is 0 Å². The minimum Gasteiger partial charge on any atom is -0.359 e. The van der Waals surface area contributed by atoms with E-state index in [0.717, 1.165) is 18.8 Å². The SMILES string of the molecule is CCCN=C(C)NC(C)N. The summed E-state index contributed by atoms with van der Waals surface area (Å²) in [5, 5.41) is 3.01. The van der Waals surface area contributed by atoms with Crippen molar-refractivity contribution in [2.75, 3.05) is 6.54 Å². The first-order valence-electron chi connectivity index (χ1n) is 3.70. The van der Waals surface area contributed by atoms with Crippen LogP contribution in [-0.4, -0.2) is 18.5 Å². The maximum Gasteiger partial charge on any atom is 0.0943 e. The Bertz CT molecular complexity index is 107. The van der Waals surface area contributed by atoms with Crippen LogP contribution in [-0.2, 0) is 0 Å². The van der Waals surface area contributed by atoms with Crippen LogP contribution in [0.1, 0.15) is 27.2 Å². The van der Waals surface area contributed by atoms with Gasteiger partial charge < -0.3 is 11.1 Å². The molecule has 3 N–H and O–H groups in total. The predicted octanol–water partition coefficient (Wildman–Crippen LogP) is 0.709. The Kier molecular flexibility index (Phi) is 4.94. The average Bonchev–Trinajstić information content (AvgIpc) is 1.82. The molecule has 0 rings (SSSR count). The van der Waals surface area contributed by atoms with Crippen molar-refractivity contribution < 1.29 is 0 Å². The maximum absolute atomic E-state index is 5.47. The van der Waals surface area contributed by atoms with Gasteiger partial charge in [-0.05, 0) is 20.3 Å². The fourth-order valence-electron chi connectivity index (χ4n) is 0.655. The third-order valence-electron chi connectivity index (χ3n) is 1.01. The lowest BCUT2D eigenvalue weighted by atomic mass is 10.5. The maximum atomic E-state index is 5.47. The molecule has 0 aliphatic heterocycles. The van der Waals surface area contributed by atoms with E-state index in [-0.39, 0.29) is 6.17 Å². The van der Waals surface area contributed by atoms with E-state index in [4.69, 9.17) is 5.73 Å². The van der Waals surface area contributed by atoms with Crippen molar-refractivity contribution in [3.05, 3.63) is 0 Å². The first kappa shape index (κ1) is 9.43. The Hall–Kier alpha value is -0.570. The van der Waals surface area contributed by atoms with Crippen molar-refractivity contribution in [1.29, 1.82) is 0 Å². The van der Waals surface area contributed by atoms with Crippen LogP contribution in [0.5, 0.6) is 0 Å². The number of amidine groups is 1. The monoisotopic (exact) mass is 143 g/mol. The summed E-state index contributed by atoms with van der Waals surface area (Å²) in [6, 6.07) is 0. The van der Waals surface area contributed by atoms with Crippen LogP contribution in [0.15, 0.2) is 4.99 Å². The molecule has 0 bridgehead atoms. The van der Waals surface area contributed by atoms with Gasteiger partial charge in [-0.25, -0.2) is 0 Å². The van der Waals surface area contributed by atoms with Gasteiger partial charge in [-0.15, -0.1) is 0 Å². The van der Waals surface area contributed by atoms with E-state index in [1.807, 2.05) is 13.8 Å². The van der Waals surface area contributed by atoms with Gasteiger partial charge in [-0.1, -0.05) is 6.92 Å². The number of nitrogens with zero attached hydrogens (tertiary/aromatic N) is 1. The molecule has 0 aromatic rings. The van der Waals surface area contributed by atoms with Crippen LogP contribution in [0.3, 0.4) is 0 Å². The molecule has 0 aromatic heterocycles. The van der Waals surface area contributed by atoms with Crippen LogP contribution < -0.4 is 11.1 Å². The second-order valence-electron chi connectivity index (χ2n) is 2.40. The lowest BCUT2D eigenvalue weighted by Gasteiger charge is -2.08. The van der Waals surface area contributed by atoms with E-state index in [9.17, 15) is 0 Å². The summed E-state index contributed by atoms with van der Waals surface area (Å²) in [7, 11) is 0. The summed E-state index contributed by atoms with van der Waals surface area (Å²) in [5.74, 6) is 0.928. The summed E-state index contributed by atoms with van der Waals surface area (Å²) >= 11 is 0. The van der Waals surface area contributed by atoms with Crippen LogP contribution in [0, 0.1) is 0 Å². The Morgan fingerprint density at radius 2 is 2.30 bits per heavy atom. The number of rotatable bonds is 3. The van der Waals surface area contributed by atoms with E-state index in [1.165, 1.54) is 0 Å². The van der Waals surface area contributed by atoms with Gasteiger partial charge in [0.1, 0.15) is 0 Å². The van der Waals surface area contributed by atoms with Crippen molar-refractivity contribution in [2.45, 2.75) is 33.4 Å². The van der Waals surface area contributed by atoms with E-state index >= 15 is 0 Å². The summed E-state index contributed by atoms with van der Waals surface area (Å²) in [6.07, 6.45) is 1.08. The molecule has 0 heterocycles. The van der Waals surface area contributed by atoms with Gasteiger partial charge in [0.05, 0.1) is 12.0 Å². The Morgan fingerprint density at radius 1 is 1.70 bits per heavy atom. The van der Waals surface area contributed by atoms with E-state index in [2.05, 4.69) is 17.2 Å². The first-order valence-corrected chi connectivity index (χ1v) is 3.70. The van der Waals surface area contributed by atoms with Crippen LogP contribution in [0.2, 0.25) is 0 Å². The average molecular weight is 143 g/mol. The normalized spacial score (nSPS) is 15.0. The first-order chi connectivity index (χ1) is 4.66. The summed E-state index contributed by atoms with van der Waals surface area (Å²) in [5.41, 5.74) is 5.47. The third-order valence-corrected chi connectivity index (χ3v) is 1.01. The van der Waals surface area contributed by atoms with Gasteiger partial charge in [0.15, 0.2) is 0 Å². The second kappa shape index (κ2) is 5.23. The number of aliphatic imine (C=N–C) groups is 1. The van der Waals surface area contributed by atoms with Crippen molar-refractivity contribution in [3.8, 4) is 0 Å². The molecule has 3 heteroatoms. The largest absolute Gasteiger partial charge is 0.359 e. The van der Waals surface area contributed by atoms with Crippen molar-refractivity contribution in [3.63, 3.8) is 0 Å². The molecule has 0 saturated heterocycles. The van der Waals surface area contributed by atoms with Crippen molar-refractivity contribution in [2.24, 2.45) is 10.7 Å².